The van der Waals surface area contributed by atoms with Gasteiger partial charge >= 0.3 is 141 Å². The molecule has 0 unspecified atom stereocenters. The van der Waals surface area contributed by atoms with Crippen molar-refractivity contribution in [2.75, 3.05) is 0 Å². The minimum absolute atomic E-state index is 0.0945. The zero-order valence-corrected chi connectivity index (χ0v) is 16.1. The summed E-state index contributed by atoms with van der Waals surface area (Å²) in [7, 11) is -7.32. The summed E-state index contributed by atoms with van der Waals surface area (Å²) in [6, 6.07) is 13.0. The Balaban J connectivity index is 2.04. The van der Waals surface area contributed by atoms with Gasteiger partial charge in [0, 0.05) is 0 Å². The maximum absolute atomic E-state index is 11.2. The average Bonchev–Trinajstić information content (AvgIpc) is 2.44. The summed E-state index contributed by atoms with van der Waals surface area (Å²) in [6.45, 7) is 0. The second-order valence-corrected chi connectivity index (χ2v) is 13.6. The molecule has 0 heterocycles. The van der Waals surface area contributed by atoms with Gasteiger partial charge in [0.05, 0.1) is 0 Å². The molecule has 0 fully saturated rings. The Hall–Kier alpha value is -0.701. The van der Waals surface area contributed by atoms with E-state index >= 15 is 0 Å². The quantitative estimate of drug-likeness (QED) is 0.504. The zero-order chi connectivity index (χ0) is 16.4. The van der Waals surface area contributed by atoms with Crippen molar-refractivity contribution < 1.29 is 16.8 Å². The first-order chi connectivity index (χ1) is 10.2. The topological polar surface area (TPSA) is 120 Å². The van der Waals surface area contributed by atoms with Crippen molar-refractivity contribution in [3.05, 3.63) is 48.5 Å². The molecule has 6 nitrogen and oxygen atoms in total. The van der Waals surface area contributed by atoms with E-state index in [0.717, 1.165) is 8.92 Å². The van der Waals surface area contributed by atoms with E-state index in [1.807, 2.05) is 0 Å². The van der Waals surface area contributed by atoms with E-state index in [4.69, 9.17) is 10.3 Å². The zero-order valence-electron chi connectivity index (χ0n) is 11.0. The van der Waals surface area contributed by atoms with Gasteiger partial charge in [-0.05, 0) is 0 Å². The first-order valence-corrected chi connectivity index (χ1v) is 14.9. The van der Waals surface area contributed by atoms with Gasteiger partial charge in [-0.25, -0.2) is 0 Å². The molecule has 2 aromatic carbocycles. The van der Waals surface area contributed by atoms with Crippen molar-refractivity contribution >= 4 is 55.2 Å². The molecule has 118 valence electrons. The standard InChI is InChI=1S/C12H12N2O4S2Se2/c13-19(15,16)9-1-5-11(6-2-9)21-22-12-7-3-10(4-8-12)20(14,17)18/h1-8H,(H2,13,15,16)(H2,14,17,18). The third-order valence-electron chi connectivity index (χ3n) is 2.54. The number of hydrogen-bond acceptors (Lipinski definition) is 4. The molecule has 0 aliphatic carbocycles. The van der Waals surface area contributed by atoms with Crippen LogP contribution >= 0.6 is 0 Å². The summed E-state index contributed by atoms with van der Waals surface area (Å²) < 4.78 is 46.8. The maximum atomic E-state index is 11.2. The molecular formula is C12H12N2O4S2Se2. The van der Waals surface area contributed by atoms with Crippen LogP contribution in [0.15, 0.2) is 58.3 Å². The van der Waals surface area contributed by atoms with Gasteiger partial charge in [-0.1, -0.05) is 0 Å². The van der Waals surface area contributed by atoms with E-state index in [-0.39, 0.29) is 36.1 Å². The van der Waals surface area contributed by atoms with Crippen LogP contribution in [0.3, 0.4) is 0 Å². The van der Waals surface area contributed by atoms with Gasteiger partial charge in [-0.15, -0.1) is 0 Å². The van der Waals surface area contributed by atoms with Crippen LogP contribution in [0.25, 0.3) is 0 Å². The van der Waals surface area contributed by atoms with Crippen molar-refractivity contribution in [3.63, 3.8) is 0 Å². The number of primary sulfonamides is 2. The van der Waals surface area contributed by atoms with E-state index in [0.29, 0.717) is 0 Å². The van der Waals surface area contributed by atoms with Crippen LogP contribution in [-0.4, -0.2) is 43.1 Å². The molecular weight excluding hydrogens is 458 g/mol. The normalized spacial score (nSPS) is 12.3. The molecule has 4 N–H and O–H groups in total. The molecule has 0 saturated carbocycles. The molecule has 0 bridgehead atoms. The molecule has 0 amide bonds. The molecule has 2 rings (SSSR count). The van der Waals surface area contributed by atoms with Crippen molar-refractivity contribution in [3.8, 4) is 0 Å². The summed E-state index contributed by atoms with van der Waals surface area (Å²) in [6.07, 6.45) is 0. The molecule has 0 spiro atoms. The molecule has 0 saturated heterocycles. The first kappa shape index (κ1) is 17.6. The number of hydrogen-bond donors (Lipinski definition) is 2. The van der Waals surface area contributed by atoms with Crippen LogP contribution < -0.4 is 19.2 Å². The van der Waals surface area contributed by atoms with Crippen LogP contribution in [0.2, 0.25) is 0 Å². The number of benzene rings is 2. The Morgan fingerprint density at radius 3 is 1.09 bits per heavy atom. The van der Waals surface area contributed by atoms with Gasteiger partial charge in [-0.2, -0.15) is 0 Å². The molecule has 0 aliphatic rings. The second-order valence-electron chi connectivity index (χ2n) is 4.20. The van der Waals surface area contributed by atoms with Gasteiger partial charge in [0.2, 0.25) is 0 Å². The summed E-state index contributed by atoms with van der Waals surface area (Å²) in [4.78, 5) is 0.189. The summed E-state index contributed by atoms with van der Waals surface area (Å²) in [5, 5.41) is 10.1. The monoisotopic (exact) mass is 472 g/mol. The molecule has 2 aromatic rings. The fraction of sp³-hybridized carbons (Fsp3) is 0. The van der Waals surface area contributed by atoms with Gasteiger partial charge in [-0.3, -0.25) is 0 Å². The third kappa shape index (κ3) is 4.90. The minimum atomic E-state index is -3.66. The summed E-state index contributed by atoms with van der Waals surface area (Å²) in [5.74, 6) is 0. The van der Waals surface area contributed by atoms with E-state index in [1.165, 1.54) is 24.3 Å². The van der Waals surface area contributed by atoms with Crippen LogP contribution in [-0.2, 0) is 20.0 Å². The van der Waals surface area contributed by atoms with E-state index in [1.54, 1.807) is 24.3 Å². The predicted molar refractivity (Wildman–Crippen MR) is 86.4 cm³/mol. The van der Waals surface area contributed by atoms with Gasteiger partial charge in [0.15, 0.2) is 0 Å². The van der Waals surface area contributed by atoms with E-state index < -0.39 is 20.0 Å². The predicted octanol–water partition coefficient (Wildman–Crippen LogP) is -1.74. The first-order valence-electron chi connectivity index (χ1n) is 5.76. The molecule has 0 aromatic heterocycles. The Morgan fingerprint density at radius 1 is 0.591 bits per heavy atom. The van der Waals surface area contributed by atoms with Gasteiger partial charge in [0.1, 0.15) is 0 Å². The van der Waals surface area contributed by atoms with Crippen molar-refractivity contribution in [2.24, 2.45) is 10.3 Å². The summed E-state index contributed by atoms with van der Waals surface area (Å²) >= 11 is 0.319. The Bertz CT molecular complexity index is 789. The molecule has 0 atom stereocenters. The fourth-order valence-electron chi connectivity index (χ4n) is 1.47. The number of sulfonamides is 2. The van der Waals surface area contributed by atoms with Crippen molar-refractivity contribution in [1.82, 2.24) is 0 Å². The Labute approximate surface area is 140 Å². The Kier molecular flexibility index (Phi) is 5.47. The van der Waals surface area contributed by atoms with Crippen LogP contribution in [0.5, 0.6) is 0 Å². The number of nitrogens with two attached hydrogens (primary N) is 2. The second kappa shape index (κ2) is 6.82. The average molecular weight is 470 g/mol. The van der Waals surface area contributed by atoms with Gasteiger partial charge < -0.3 is 0 Å². The third-order valence-corrected chi connectivity index (χ3v) is 11.6. The molecule has 0 aliphatic heterocycles. The Morgan fingerprint density at radius 2 is 0.864 bits per heavy atom. The van der Waals surface area contributed by atoms with E-state index in [9.17, 15) is 16.8 Å². The van der Waals surface area contributed by atoms with Crippen LogP contribution in [0.4, 0.5) is 0 Å². The van der Waals surface area contributed by atoms with Crippen molar-refractivity contribution in [2.45, 2.75) is 9.79 Å². The van der Waals surface area contributed by atoms with E-state index in [2.05, 4.69) is 0 Å². The van der Waals surface area contributed by atoms with Crippen LogP contribution in [0.1, 0.15) is 0 Å². The van der Waals surface area contributed by atoms with Crippen LogP contribution in [0, 0.1) is 0 Å². The summed E-state index contributed by atoms with van der Waals surface area (Å²) in [5.41, 5.74) is 0. The molecule has 22 heavy (non-hydrogen) atoms. The molecule has 10 heteroatoms. The number of rotatable bonds is 5. The van der Waals surface area contributed by atoms with Crippen molar-refractivity contribution in [1.29, 1.82) is 0 Å². The molecule has 0 radical (unpaired) electrons. The fourth-order valence-corrected chi connectivity index (χ4v) is 8.46. The SMILES string of the molecule is NS(=O)(=O)c1ccc([Se][Se]c2ccc(S(N)(=O)=O)cc2)cc1. The van der Waals surface area contributed by atoms with Gasteiger partial charge in [0.25, 0.3) is 0 Å².